The molecule has 0 bridgehead atoms. The molecule has 1 aliphatic rings. The quantitative estimate of drug-likeness (QED) is 0.766. The van der Waals surface area contributed by atoms with Crippen LogP contribution in [-0.4, -0.2) is 49.3 Å². The second-order valence-corrected chi connectivity index (χ2v) is 6.03. The molecule has 0 aliphatic carbocycles. The number of nitrogens with one attached hydrogen (secondary N) is 2. The number of carbonyl (C=O) groups is 1. The lowest BCUT2D eigenvalue weighted by Gasteiger charge is -2.22. The van der Waals surface area contributed by atoms with Crippen molar-refractivity contribution >= 4 is 5.97 Å². The van der Waals surface area contributed by atoms with Crippen LogP contribution in [0.3, 0.4) is 0 Å². The lowest BCUT2D eigenvalue weighted by molar-refractivity contribution is -0.143. The Morgan fingerprint density at radius 3 is 2.96 bits per heavy atom. The first-order valence-electron chi connectivity index (χ1n) is 7.93. The molecule has 2 N–H and O–H groups in total. The molecule has 0 amide bonds. The molecule has 1 aliphatic heterocycles. The molecule has 1 fully saturated rings. The van der Waals surface area contributed by atoms with E-state index in [1.54, 1.807) is 0 Å². The first-order valence-corrected chi connectivity index (χ1v) is 7.93. The molecule has 7 heteroatoms. The molecular formula is C17H22N4O3. The number of ether oxygens (including phenoxy) is 1. The zero-order valence-corrected chi connectivity index (χ0v) is 13.9. The SMILES string of the molecule is COC(=O)C1NNCC1CN(C)Cc1cc(-c2ccccc2)no1. The summed E-state index contributed by atoms with van der Waals surface area (Å²) in [6.45, 7) is 2.08. The van der Waals surface area contributed by atoms with Crippen LogP contribution in [0.2, 0.25) is 0 Å². The molecule has 1 aromatic heterocycles. The van der Waals surface area contributed by atoms with E-state index in [2.05, 4.69) is 20.9 Å². The van der Waals surface area contributed by atoms with Gasteiger partial charge in [-0.15, -0.1) is 0 Å². The van der Waals surface area contributed by atoms with Gasteiger partial charge in [-0.1, -0.05) is 35.5 Å². The Morgan fingerprint density at radius 2 is 2.21 bits per heavy atom. The highest BCUT2D eigenvalue weighted by Crippen LogP contribution is 2.20. The summed E-state index contributed by atoms with van der Waals surface area (Å²) >= 11 is 0. The topological polar surface area (TPSA) is 79.6 Å². The van der Waals surface area contributed by atoms with Gasteiger partial charge in [0.05, 0.1) is 13.7 Å². The first-order chi connectivity index (χ1) is 11.7. The second kappa shape index (κ2) is 7.57. The van der Waals surface area contributed by atoms with E-state index < -0.39 is 0 Å². The zero-order chi connectivity index (χ0) is 16.9. The van der Waals surface area contributed by atoms with Crippen molar-refractivity contribution in [1.29, 1.82) is 0 Å². The van der Waals surface area contributed by atoms with Crippen molar-refractivity contribution in [2.75, 3.05) is 27.2 Å². The molecule has 0 radical (unpaired) electrons. The molecular weight excluding hydrogens is 308 g/mol. The fourth-order valence-electron chi connectivity index (χ4n) is 2.95. The van der Waals surface area contributed by atoms with Gasteiger partial charge < -0.3 is 9.26 Å². The maximum atomic E-state index is 11.8. The van der Waals surface area contributed by atoms with Crippen LogP contribution in [0.5, 0.6) is 0 Å². The number of hydrogen-bond donors (Lipinski definition) is 2. The highest BCUT2D eigenvalue weighted by Gasteiger charge is 2.34. The third-order valence-corrected chi connectivity index (χ3v) is 4.15. The molecule has 24 heavy (non-hydrogen) atoms. The molecule has 7 nitrogen and oxygen atoms in total. The van der Waals surface area contributed by atoms with Gasteiger partial charge in [0.25, 0.3) is 0 Å². The lowest BCUT2D eigenvalue weighted by atomic mass is 10.0. The minimum absolute atomic E-state index is 0.138. The lowest BCUT2D eigenvalue weighted by Crippen LogP contribution is -2.42. The van der Waals surface area contributed by atoms with Gasteiger partial charge in [-0.25, -0.2) is 5.43 Å². The smallest absolute Gasteiger partial charge is 0.324 e. The normalized spacial score (nSPS) is 20.5. The van der Waals surface area contributed by atoms with E-state index in [9.17, 15) is 4.79 Å². The zero-order valence-electron chi connectivity index (χ0n) is 13.9. The maximum absolute atomic E-state index is 11.8. The number of methoxy groups -OCH3 is 1. The number of esters is 1. The maximum Gasteiger partial charge on any atom is 0.324 e. The minimum Gasteiger partial charge on any atom is -0.468 e. The third kappa shape index (κ3) is 3.81. The molecule has 2 unspecified atom stereocenters. The fourth-order valence-corrected chi connectivity index (χ4v) is 2.95. The number of nitrogens with zero attached hydrogens (tertiary/aromatic N) is 2. The van der Waals surface area contributed by atoms with Gasteiger partial charge in [-0.2, -0.15) is 0 Å². The Labute approximate surface area is 140 Å². The van der Waals surface area contributed by atoms with Crippen molar-refractivity contribution in [1.82, 2.24) is 20.9 Å². The Balaban J connectivity index is 1.58. The van der Waals surface area contributed by atoms with Crippen LogP contribution in [0.4, 0.5) is 0 Å². The Bertz CT molecular complexity index is 673. The molecule has 0 spiro atoms. The van der Waals surface area contributed by atoms with E-state index in [4.69, 9.17) is 9.26 Å². The molecule has 2 aromatic rings. The highest BCUT2D eigenvalue weighted by atomic mass is 16.5. The highest BCUT2D eigenvalue weighted by molar-refractivity contribution is 5.76. The van der Waals surface area contributed by atoms with Crippen molar-refractivity contribution < 1.29 is 14.1 Å². The Morgan fingerprint density at radius 1 is 1.42 bits per heavy atom. The van der Waals surface area contributed by atoms with E-state index in [1.807, 2.05) is 43.4 Å². The first kappa shape index (κ1) is 16.6. The molecule has 2 atom stereocenters. The van der Waals surface area contributed by atoms with Gasteiger partial charge in [-0.05, 0) is 7.05 Å². The van der Waals surface area contributed by atoms with Crippen molar-refractivity contribution in [3.8, 4) is 11.3 Å². The van der Waals surface area contributed by atoms with E-state index in [0.29, 0.717) is 6.54 Å². The number of hydrogen-bond acceptors (Lipinski definition) is 7. The fraction of sp³-hybridized carbons (Fsp3) is 0.412. The van der Waals surface area contributed by atoms with E-state index in [0.717, 1.165) is 30.1 Å². The standard InChI is InChI=1S/C17H22N4O3/c1-21(10-13-9-18-19-16(13)17(22)23-2)11-14-8-15(20-24-14)12-6-4-3-5-7-12/h3-8,13,16,18-19H,9-11H2,1-2H3. The van der Waals surface area contributed by atoms with Gasteiger partial charge in [0.15, 0.2) is 5.76 Å². The van der Waals surface area contributed by atoms with E-state index >= 15 is 0 Å². The summed E-state index contributed by atoms with van der Waals surface area (Å²) in [7, 11) is 3.40. The summed E-state index contributed by atoms with van der Waals surface area (Å²) in [5, 5.41) is 4.13. The van der Waals surface area contributed by atoms with Crippen LogP contribution in [-0.2, 0) is 16.1 Å². The van der Waals surface area contributed by atoms with Gasteiger partial charge in [0, 0.05) is 30.6 Å². The predicted octanol–water partition coefficient (Wildman–Crippen LogP) is 1.04. The van der Waals surface area contributed by atoms with Gasteiger partial charge in [0.2, 0.25) is 0 Å². The van der Waals surface area contributed by atoms with Gasteiger partial charge in [-0.3, -0.25) is 15.1 Å². The largest absolute Gasteiger partial charge is 0.468 e. The average molecular weight is 330 g/mol. The second-order valence-electron chi connectivity index (χ2n) is 6.03. The van der Waals surface area contributed by atoms with Crippen LogP contribution in [0.25, 0.3) is 11.3 Å². The summed E-state index contributed by atoms with van der Waals surface area (Å²) in [6, 6.07) is 11.6. The summed E-state index contributed by atoms with van der Waals surface area (Å²) < 4.78 is 10.3. The minimum atomic E-state index is -0.327. The number of rotatable bonds is 6. The van der Waals surface area contributed by atoms with Gasteiger partial charge >= 0.3 is 5.97 Å². The summed E-state index contributed by atoms with van der Waals surface area (Å²) in [5.74, 6) is 0.688. The molecule has 0 saturated carbocycles. The Hall–Kier alpha value is -2.22. The average Bonchev–Trinajstić information content (AvgIpc) is 3.24. The van der Waals surface area contributed by atoms with Crippen LogP contribution in [0, 0.1) is 5.92 Å². The molecule has 1 aromatic carbocycles. The predicted molar refractivity (Wildman–Crippen MR) is 88.7 cm³/mol. The summed E-state index contributed by atoms with van der Waals surface area (Å²) in [6.07, 6.45) is 0. The van der Waals surface area contributed by atoms with Gasteiger partial charge in [0.1, 0.15) is 11.7 Å². The van der Waals surface area contributed by atoms with Crippen LogP contribution in [0.1, 0.15) is 5.76 Å². The number of carbonyl (C=O) groups excluding carboxylic acids is 1. The molecule has 128 valence electrons. The summed E-state index contributed by atoms with van der Waals surface area (Å²) in [4.78, 5) is 13.9. The molecule has 3 rings (SSSR count). The number of aromatic nitrogens is 1. The summed E-state index contributed by atoms with van der Waals surface area (Å²) in [5.41, 5.74) is 7.85. The molecule has 1 saturated heterocycles. The van der Waals surface area contributed by atoms with Crippen molar-refractivity contribution in [2.45, 2.75) is 12.6 Å². The monoisotopic (exact) mass is 330 g/mol. The van der Waals surface area contributed by atoms with E-state index in [-0.39, 0.29) is 17.9 Å². The third-order valence-electron chi connectivity index (χ3n) is 4.15. The van der Waals surface area contributed by atoms with Crippen molar-refractivity contribution in [2.24, 2.45) is 5.92 Å². The number of benzene rings is 1. The van der Waals surface area contributed by atoms with Crippen LogP contribution >= 0.6 is 0 Å². The van der Waals surface area contributed by atoms with Crippen LogP contribution < -0.4 is 10.9 Å². The van der Waals surface area contributed by atoms with E-state index in [1.165, 1.54) is 7.11 Å². The number of hydrazine groups is 1. The van der Waals surface area contributed by atoms with Crippen molar-refractivity contribution in [3.05, 3.63) is 42.2 Å². The molecule has 2 heterocycles. The van der Waals surface area contributed by atoms with Crippen LogP contribution in [0.15, 0.2) is 40.9 Å². The van der Waals surface area contributed by atoms with Crippen molar-refractivity contribution in [3.63, 3.8) is 0 Å². The Kier molecular flexibility index (Phi) is 5.24.